The summed E-state index contributed by atoms with van der Waals surface area (Å²) in [6.45, 7) is 3.48. The van der Waals surface area contributed by atoms with Gasteiger partial charge in [0.1, 0.15) is 5.82 Å². The average molecular weight is 289 g/mol. The Bertz CT molecular complexity index is 455. The van der Waals surface area contributed by atoms with Gasteiger partial charge in [0.15, 0.2) is 0 Å². The molecule has 1 aromatic carbocycles. The molecule has 3 rings (SSSR count). The number of hydrogen-bond donors (Lipinski definition) is 1. The lowest BCUT2D eigenvalue weighted by Crippen LogP contribution is -2.35. The fourth-order valence-corrected chi connectivity index (χ4v) is 3.89. The molecular formula is C19H28FN. The molecule has 2 aliphatic rings. The van der Waals surface area contributed by atoms with Crippen LogP contribution in [0.3, 0.4) is 0 Å². The first-order chi connectivity index (χ1) is 10.2. The van der Waals surface area contributed by atoms with Gasteiger partial charge in [-0.3, -0.25) is 0 Å². The zero-order valence-corrected chi connectivity index (χ0v) is 13.2. The van der Waals surface area contributed by atoms with Crippen LogP contribution in [0.1, 0.15) is 51.0 Å². The van der Waals surface area contributed by atoms with Gasteiger partial charge in [-0.2, -0.15) is 0 Å². The van der Waals surface area contributed by atoms with E-state index in [9.17, 15) is 4.39 Å². The van der Waals surface area contributed by atoms with E-state index in [1.165, 1.54) is 50.6 Å². The number of hydrogen-bond acceptors (Lipinski definition) is 1. The molecule has 116 valence electrons. The van der Waals surface area contributed by atoms with Crippen LogP contribution < -0.4 is 5.32 Å². The first-order valence-corrected chi connectivity index (χ1v) is 8.72. The SMILES string of the molecule is CCC1CCC(CNC2CC2)C(Cc2cccc(F)c2)C1. The van der Waals surface area contributed by atoms with Crippen molar-refractivity contribution in [1.82, 2.24) is 5.32 Å². The lowest BCUT2D eigenvalue weighted by molar-refractivity contribution is 0.171. The highest BCUT2D eigenvalue weighted by Gasteiger charge is 2.31. The standard InChI is InChI=1S/C19H28FN/c1-2-14-6-7-16(13-21-19-8-9-19)17(10-14)11-15-4-3-5-18(20)12-15/h3-5,12,14,16-17,19,21H,2,6-11,13H2,1H3. The molecule has 0 amide bonds. The maximum Gasteiger partial charge on any atom is 0.123 e. The summed E-state index contributed by atoms with van der Waals surface area (Å²) in [5, 5.41) is 3.71. The summed E-state index contributed by atoms with van der Waals surface area (Å²) in [5.74, 6) is 2.28. The lowest BCUT2D eigenvalue weighted by Gasteiger charge is -2.36. The van der Waals surface area contributed by atoms with E-state index in [4.69, 9.17) is 0 Å². The summed E-state index contributed by atoms with van der Waals surface area (Å²) in [4.78, 5) is 0. The van der Waals surface area contributed by atoms with Crippen LogP contribution in [0.4, 0.5) is 4.39 Å². The molecule has 3 atom stereocenters. The van der Waals surface area contributed by atoms with Crippen LogP contribution in [0.2, 0.25) is 0 Å². The molecule has 21 heavy (non-hydrogen) atoms. The van der Waals surface area contributed by atoms with Crippen molar-refractivity contribution in [3.63, 3.8) is 0 Å². The lowest BCUT2D eigenvalue weighted by atomic mass is 9.71. The summed E-state index contributed by atoms with van der Waals surface area (Å²) in [7, 11) is 0. The second kappa shape index (κ2) is 6.91. The fraction of sp³-hybridized carbons (Fsp3) is 0.684. The highest BCUT2D eigenvalue weighted by atomic mass is 19.1. The normalized spacial score (nSPS) is 29.5. The van der Waals surface area contributed by atoms with E-state index in [0.29, 0.717) is 0 Å². The summed E-state index contributed by atoms with van der Waals surface area (Å²) < 4.78 is 13.4. The maximum atomic E-state index is 13.4. The van der Waals surface area contributed by atoms with E-state index in [0.717, 1.165) is 30.2 Å². The quantitative estimate of drug-likeness (QED) is 0.809. The monoisotopic (exact) mass is 289 g/mol. The van der Waals surface area contributed by atoms with Crippen LogP contribution in [-0.4, -0.2) is 12.6 Å². The van der Waals surface area contributed by atoms with E-state index in [1.807, 2.05) is 6.07 Å². The van der Waals surface area contributed by atoms with E-state index in [-0.39, 0.29) is 5.82 Å². The summed E-state index contributed by atoms with van der Waals surface area (Å²) in [6, 6.07) is 8.00. The Balaban J connectivity index is 1.63. The van der Waals surface area contributed by atoms with Crippen LogP contribution >= 0.6 is 0 Å². The van der Waals surface area contributed by atoms with Gasteiger partial charge in [-0.1, -0.05) is 31.9 Å². The van der Waals surface area contributed by atoms with Gasteiger partial charge in [-0.25, -0.2) is 4.39 Å². The van der Waals surface area contributed by atoms with E-state index in [1.54, 1.807) is 12.1 Å². The van der Waals surface area contributed by atoms with Gasteiger partial charge in [0, 0.05) is 6.04 Å². The molecular weight excluding hydrogens is 261 g/mol. The third kappa shape index (κ3) is 4.29. The minimum atomic E-state index is -0.0944. The Morgan fingerprint density at radius 3 is 2.71 bits per heavy atom. The minimum Gasteiger partial charge on any atom is -0.314 e. The van der Waals surface area contributed by atoms with Crippen LogP contribution in [0, 0.1) is 23.6 Å². The van der Waals surface area contributed by atoms with Crippen molar-refractivity contribution in [3.8, 4) is 0 Å². The smallest absolute Gasteiger partial charge is 0.123 e. The zero-order chi connectivity index (χ0) is 14.7. The third-order valence-electron chi connectivity index (χ3n) is 5.46. The molecule has 0 aliphatic heterocycles. The summed E-state index contributed by atoms with van der Waals surface area (Å²) in [6.07, 6.45) is 9.11. The molecule has 2 heteroatoms. The second-order valence-electron chi connectivity index (χ2n) is 7.12. The molecule has 0 heterocycles. The highest BCUT2D eigenvalue weighted by Crippen LogP contribution is 2.37. The van der Waals surface area contributed by atoms with Crippen molar-refractivity contribution in [2.24, 2.45) is 17.8 Å². The highest BCUT2D eigenvalue weighted by molar-refractivity contribution is 5.17. The van der Waals surface area contributed by atoms with Crippen LogP contribution in [0.15, 0.2) is 24.3 Å². The molecule has 0 saturated heterocycles. The first kappa shape index (κ1) is 15.0. The molecule has 2 saturated carbocycles. The van der Waals surface area contributed by atoms with E-state index in [2.05, 4.69) is 18.3 Å². The van der Waals surface area contributed by atoms with Crippen LogP contribution in [0.25, 0.3) is 0 Å². The molecule has 1 nitrogen and oxygen atoms in total. The molecule has 3 unspecified atom stereocenters. The average Bonchev–Trinajstić information content (AvgIpc) is 3.30. The molecule has 0 aromatic heterocycles. The van der Waals surface area contributed by atoms with Gasteiger partial charge in [0.2, 0.25) is 0 Å². The van der Waals surface area contributed by atoms with Gasteiger partial charge in [0.05, 0.1) is 0 Å². The fourth-order valence-electron chi connectivity index (χ4n) is 3.89. The number of benzene rings is 1. The van der Waals surface area contributed by atoms with Gasteiger partial charge in [0.25, 0.3) is 0 Å². The van der Waals surface area contributed by atoms with Gasteiger partial charge >= 0.3 is 0 Å². The molecule has 0 bridgehead atoms. The number of rotatable bonds is 6. The molecule has 0 radical (unpaired) electrons. The van der Waals surface area contributed by atoms with Crippen LogP contribution in [-0.2, 0) is 6.42 Å². The van der Waals surface area contributed by atoms with Crippen molar-refractivity contribution in [3.05, 3.63) is 35.6 Å². The van der Waals surface area contributed by atoms with Crippen molar-refractivity contribution >= 4 is 0 Å². The summed E-state index contributed by atoms with van der Waals surface area (Å²) in [5.41, 5.74) is 1.17. The molecule has 0 spiro atoms. The third-order valence-corrected chi connectivity index (χ3v) is 5.46. The molecule has 1 N–H and O–H groups in total. The number of halogens is 1. The minimum absolute atomic E-state index is 0.0944. The first-order valence-electron chi connectivity index (χ1n) is 8.72. The molecule has 1 aromatic rings. The van der Waals surface area contributed by atoms with Crippen molar-refractivity contribution in [2.75, 3.05) is 6.54 Å². The van der Waals surface area contributed by atoms with Crippen LogP contribution in [0.5, 0.6) is 0 Å². The van der Waals surface area contributed by atoms with Gasteiger partial charge in [-0.15, -0.1) is 0 Å². The largest absolute Gasteiger partial charge is 0.314 e. The van der Waals surface area contributed by atoms with Gasteiger partial charge < -0.3 is 5.32 Å². The Kier molecular flexibility index (Phi) is 4.95. The topological polar surface area (TPSA) is 12.0 Å². The predicted molar refractivity (Wildman–Crippen MR) is 85.7 cm³/mol. The predicted octanol–water partition coefficient (Wildman–Crippen LogP) is 4.56. The maximum absolute atomic E-state index is 13.4. The molecule has 2 aliphatic carbocycles. The Morgan fingerprint density at radius 2 is 2.00 bits per heavy atom. The molecule has 2 fully saturated rings. The van der Waals surface area contributed by atoms with E-state index < -0.39 is 0 Å². The van der Waals surface area contributed by atoms with Crippen molar-refractivity contribution in [2.45, 2.75) is 57.9 Å². The van der Waals surface area contributed by atoms with Crippen molar-refractivity contribution < 1.29 is 4.39 Å². The zero-order valence-electron chi connectivity index (χ0n) is 13.2. The summed E-state index contributed by atoms with van der Waals surface area (Å²) >= 11 is 0. The van der Waals surface area contributed by atoms with Gasteiger partial charge in [-0.05, 0) is 74.1 Å². The Hall–Kier alpha value is -0.890. The Morgan fingerprint density at radius 1 is 1.14 bits per heavy atom. The van der Waals surface area contributed by atoms with Crippen molar-refractivity contribution in [1.29, 1.82) is 0 Å². The number of nitrogens with one attached hydrogen (secondary N) is 1. The van der Waals surface area contributed by atoms with E-state index >= 15 is 0 Å². The Labute approximate surface area is 128 Å². The second-order valence-corrected chi connectivity index (χ2v) is 7.12.